The molecule has 1 aliphatic heterocycles. The van der Waals surface area contributed by atoms with Crippen molar-refractivity contribution in [2.75, 3.05) is 13.1 Å². The molecule has 0 N–H and O–H groups in total. The number of amides is 1. The standard InChI is InChI=1S/C13H25NO/c1-9(2)12-6-11(5)7-14(8-12)13(15)10(3)4/h9-12H,6-8H2,1-5H3/t11-,12?/m0/s1. The SMILES string of the molecule is CC(C)C(=O)N1CC(C(C)C)C[C@H](C)C1. The minimum Gasteiger partial charge on any atom is -0.342 e. The largest absolute Gasteiger partial charge is 0.342 e. The van der Waals surface area contributed by atoms with E-state index in [1.54, 1.807) is 0 Å². The summed E-state index contributed by atoms with van der Waals surface area (Å²) in [7, 11) is 0. The van der Waals surface area contributed by atoms with Gasteiger partial charge in [-0.05, 0) is 24.2 Å². The number of carbonyl (C=O) groups excluding carboxylic acids is 1. The molecule has 2 nitrogen and oxygen atoms in total. The molecule has 0 aromatic heterocycles. The molecule has 0 saturated carbocycles. The van der Waals surface area contributed by atoms with Crippen LogP contribution in [0.5, 0.6) is 0 Å². The number of likely N-dealkylation sites (tertiary alicyclic amines) is 1. The van der Waals surface area contributed by atoms with E-state index < -0.39 is 0 Å². The van der Waals surface area contributed by atoms with Crippen molar-refractivity contribution in [1.82, 2.24) is 4.90 Å². The van der Waals surface area contributed by atoms with Crippen molar-refractivity contribution in [2.24, 2.45) is 23.7 Å². The van der Waals surface area contributed by atoms with E-state index in [4.69, 9.17) is 0 Å². The van der Waals surface area contributed by atoms with E-state index >= 15 is 0 Å². The minimum atomic E-state index is 0.142. The molecule has 2 atom stereocenters. The van der Waals surface area contributed by atoms with Gasteiger partial charge in [0.2, 0.25) is 5.91 Å². The van der Waals surface area contributed by atoms with Crippen LogP contribution in [-0.2, 0) is 4.79 Å². The molecule has 1 fully saturated rings. The first kappa shape index (κ1) is 12.5. The summed E-state index contributed by atoms with van der Waals surface area (Å²) in [5, 5.41) is 0. The molecule has 2 heteroatoms. The van der Waals surface area contributed by atoms with Crippen LogP contribution in [0.4, 0.5) is 0 Å². The van der Waals surface area contributed by atoms with Gasteiger partial charge in [-0.2, -0.15) is 0 Å². The van der Waals surface area contributed by atoms with Gasteiger partial charge >= 0.3 is 0 Å². The van der Waals surface area contributed by atoms with Gasteiger partial charge in [0.1, 0.15) is 0 Å². The molecule has 0 aliphatic carbocycles. The Kier molecular flexibility index (Phi) is 4.18. The molecule has 15 heavy (non-hydrogen) atoms. The molecule has 1 saturated heterocycles. The van der Waals surface area contributed by atoms with Crippen LogP contribution in [0, 0.1) is 23.7 Å². The first-order chi connectivity index (χ1) is 6.91. The van der Waals surface area contributed by atoms with Gasteiger partial charge in [0.15, 0.2) is 0 Å². The Morgan fingerprint density at radius 1 is 1.20 bits per heavy atom. The fraction of sp³-hybridized carbons (Fsp3) is 0.923. The van der Waals surface area contributed by atoms with Crippen molar-refractivity contribution < 1.29 is 4.79 Å². The van der Waals surface area contributed by atoms with Gasteiger partial charge in [-0.15, -0.1) is 0 Å². The summed E-state index contributed by atoms with van der Waals surface area (Å²) in [6, 6.07) is 0. The van der Waals surface area contributed by atoms with Gasteiger partial charge in [-0.25, -0.2) is 0 Å². The second kappa shape index (κ2) is 5.00. The van der Waals surface area contributed by atoms with E-state index in [0.29, 0.717) is 23.7 Å². The Balaban J connectivity index is 2.63. The number of nitrogens with zero attached hydrogens (tertiary/aromatic N) is 1. The van der Waals surface area contributed by atoms with E-state index in [1.165, 1.54) is 6.42 Å². The normalized spacial score (nSPS) is 27.5. The summed E-state index contributed by atoms with van der Waals surface area (Å²) in [4.78, 5) is 14.0. The molecular weight excluding hydrogens is 186 g/mol. The zero-order valence-electron chi connectivity index (χ0n) is 10.8. The van der Waals surface area contributed by atoms with Gasteiger partial charge < -0.3 is 4.90 Å². The lowest BCUT2D eigenvalue weighted by atomic mass is 9.83. The summed E-state index contributed by atoms with van der Waals surface area (Å²) in [5.74, 6) is 2.51. The predicted octanol–water partition coefficient (Wildman–Crippen LogP) is 2.78. The lowest BCUT2D eigenvalue weighted by Crippen LogP contribution is -2.46. The monoisotopic (exact) mass is 211 g/mol. The van der Waals surface area contributed by atoms with Gasteiger partial charge in [-0.3, -0.25) is 4.79 Å². The molecular formula is C13H25NO. The Morgan fingerprint density at radius 2 is 1.80 bits per heavy atom. The smallest absolute Gasteiger partial charge is 0.225 e. The summed E-state index contributed by atoms with van der Waals surface area (Å²) >= 11 is 0. The third-order valence-corrected chi connectivity index (χ3v) is 3.44. The van der Waals surface area contributed by atoms with Crippen molar-refractivity contribution in [1.29, 1.82) is 0 Å². The third kappa shape index (κ3) is 3.22. The zero-order chi connectivity index (χ0) is 11.6. The Hall–Kier alpha value is -0.530. The Bertz CT molecular complexity index is 223. The third-order valence-electron chi connectivity index (χ3n) is 3.44. The highest BCUT2D eigenvalue weighted by Gasteiger charge is 2.30. The van der Waals surface area contributed by atoms with Crippen LogP contribution in [0.15, 0.2) is 0 Å². The summed E-state index contributed by atoms with van der Waals surface area (Å²) in [5.41, 5.74) is 0. The predicted molar refractivity (Wildman–Crippen MR) is 63.5 cm³/mol. The molecule has 1 amide bonds. The number of carbonyl (C=O) groups is 1. The average Bonchev–Trinajstić information content (AvgIpc) is 2.15. The highest BCUT2D eigenvalue weighted by atomic mass is 16.2. The summed E-state index contributed by atoms with van der Waals surface area (Å²) < 4.78 is 0. The number of hydrogen-bond acceptors (Lipinski definition) is 1. The summed E-state index contributed by atoms with van der Waals surface area (Å²) in [6.45, 7) is 12.7. The van der Waals surface area contributed by atoms with E-state index in [1.807, 2.05) is 13.8 Å². The molecule has 1 rings (SSSR count). The quantitative estimate of drug-likeness (QED) is 0.688. The van der Waals surface area contributed by atoms with Crippen LogP contribution in [0.2, 0.25) is 0 Å². The fourth-order valence-electron chi connectivity index (χ4n) is 2.43. The van der Waals surface area contributed by atoms with Crippen molar-refractivity contribution in [3.63, 3.8) is 0 Å². The molecule has 0 radical (unpaired) electrons. The van der Waals surface area contributed by atoms with Crippen LogP contribution in [0.1, 0.15) is 41.0 Å². The Morgan fingerprint density at radius 3 is 2.27 bits per heavy atom. The number of hydrogen-bond donors (Lipinski definition) is 0. The van der Waals surface area contributed by atoms with Gasteiger partial charge in [0.05, 0.1) is 0 Å². The van der Waals surface area contributed by atoms with Crippen LogP contribution < -0.4 is 0 Å². The van der Waals surface area contributed by atoms with E-state index in [-0.39, 0.29) is 5.92 Å². The van der Waals surface area contributed by atoms with Crippen LogP contribution in [-0.4, -0.2) is 23.9 Å². The number of piperidine rings is 1. The first-order valence-corrected chi connectivity index (χ1v) is 6.20. The molecule has 0 aromatic carbocycles. The first-order valence-electron chi connectivity index (χ1n) is 6.20. The molecule has 0 spiro atoms. The molecule has 88 valence electrons. The van der Waals surface area contributed by atoms with E-state index in [0.717, 1.165) is 13.1 Å². The second-order valence-electron chi connectivity index (χ2n) is 5.74. The molecule has 1 heterocycles. The van der Waals surface area contributed by atoms with Crippen LogP contribution >= 0.6 is 0 Å². The van der Waals surface area contributed by atoms with E-state index in [9.17, 15) is 4.79 Å². The minimum absolute atomic E-state index is 0.142. The van der Waals surface area contributed by atoms with Crippen molar-refractivity contribution in [2.45, 2.75) is 41.0 Å². The Labute approximate surface area is 94.0 Å². The van der Waals surface area contributed by atoms with E-state index in [2.05, 4.69) is 25.7 Å². The van der Waals surface area contributed by atoms with Crippen LogP contribution in [0.3, 0.4) is 0 Å². The van der Waals surface area contributed by atoms with Crippen LogP contribution in [0.25, 0.3) is 0 Å². The fourth-order valence-corrected chi connectivity index (χ4v) is 2.43. The maximum absolute atomic E-state index is 11.9. The lowest BCUT2D eigenvalue weighted by molar-refractivity contribution is -0.137. The lowest BCUT2D eigenvalue weighted by Gasteiger charge is -2.39. The number of rotatable bonds is 2. The summed E-state index contributed by atoms with van der Waals surface area (Å²) in [6.07, 6.45) is 1.28. The molecule has 1 aliphatic rings. The zero-order valence-corrected chi connectivity index (χ0v) is 10.8. The average molecular weight is 211 g/mol. The van der Waals surface area contributed by atoms with Crippen molar-refractivity contribution in [3.8, 4) is 0 Å². The molecule has 0 bridgehead atoms. The maximum atomic E-state index is 11.9. The van der Waals surface area contributed by atoms with Gasteiger partial charge in [-0.1, -0.05) is 34.6 Å². The highest BCUT2D eigenvalue weighted by molar-refractivity contribution is 5.78. The van der Waals surface area contributed by atoms with Gasteiger partial charge in [0.25, 0.3) is 0 Å². The maximum Gasteiger partial charge on any atom is 0.225 e. The highest BCUT2D eigenvalue weighted by Crippen LogP contribution is 2.27. The van der Waals surface area contributed by atoms with Crippen molar-refractivity contribution >= 4 is 5.91 Å². The molecule has 0 aromatic rings. The van der Waals surface area contributed by atoms with Crippen molar-refractivity contribution in [3.05, 3.63) is 0 Å². The topological polar surface area (TPSA) is 20.3 Å². The second-order valence-corrected chi connectivity index (χ2v) is 5.74. The molecule has 1 unspecified atom stereocenters. The van der Waals surface area contributed by atoms with Gasteiger partial charge in [0, 0.05) is 19.0 Å².